The molecule has 0 aliphatic rings. The Kier molecular flexibility index (Phi) is 6.39. The van der Waals surface area contributed by atoms with Gasteiger partial charge in [-0.2, -0.15) is 5.10 Å². The third kappa shape index (κ3) is 5.34. The molecule has 0 saturated carbocycles. The lowest BCUT2D eigenvalue weighted by Crippen LogP contribution is -2.12. The van der Waals surface area contributed by atoms with Crippen molar-refractivity contribution in [1.29, 1.82) is 0 Å². The topological polar surface area (TPSA) is 69.3 Å². The first kappa shape index (κ1) is 21.1. The molecule has 0 aliphatic heterocycles. The molecular formula is C22H16BrClFN3O3. The number of nitrogens with one attached hydrogen (secondary N) is 1. The normalized spacial score (nSPS) is 10.8. The van der Waals surface area contributed by atoms with Crippen molar-refractivity contribution in [3.8, 4) is 5.75 Å². The zero-order chi connectivity index (χ0) is 21.8. The number of anilines is 1. The molecule has 0 bridgehead atoms. The van der Waals surface area contributed by atoms with E-state index in [0.717, 1.165) is 5.56 Å². The van der Waals surface area contributed by atoms with E-state index >= 15 is 0 Å². The van der Waals surface area contributed by atoms with Gasteiger partial charge >= 0.3 is 0 Å². The standard InChI is InChI=1S/C22H16BrClFN3O3/c23-17-12-28(11-14-5-7-15(25)8-6-14)27-21(17)26-22(29)20-10-9-16(31-20)13-30-19-4-2-1-3-18(19)24/h1-10,12H,11,13H2,(H,26,27,29). The Labute approximate surface area is 190 Å². The zero-order valence-electron chi connectivity index (χ0n) is 16.0. The Bertz CT molecular complexity index is 1210. The Morgan fingerprint density at radius 2 is 1.94 bits per heavy atom. The first-order chi connectivity index (χ1) is 15.0. The highest BCUT2D eigenvalue weighted by atomic mass is 79.9. The summed E-state index contributed by atoms with van der Waals surface area (Å²) in [5.41, 5.74) is 0.878. The molecule has 6 nitrogen and oxygen atoms in total. The smallest absolute Gasteiger partial charge is 0.292 e. The minimum atomic E-state index is -0.447. The molecule has 2 aromatic heterocycles. The molecule has 1 N–H and O–H groups in total. The van der Waals surface area contributed by atoms with Crippen molar-refractivity contribution in [3.63, 3.8) is 0 Å². The van der Waals surface area contributed by atoms with Crippen molar-refractivity contribution in [3.05, 3.63) is 99.3 Å². The van der Waals surface area contributed by atoms with Crippen LogP contribution in [0.3, 0.4) is 0 Å². The lowest BCUT2D eigenvalue weighted by atomic mass is 10.2. The number of hydrogen-bond acceptors (Lipinski definition) is 4. The highest BCUT2D eigenvalue weighted by Crippen LogP contribution is 2.25. The summed E-state index contributed by atoms with van der Waals surface area (Å²) in [5.74, 6) is 0.730. The number of hydrogen-bond donors (Lipinski definition) is 1. The Morgan fingerprint density at radius 1 is 1.16 bits per heavy atom. The van der Waals surface area contributed by atoms with Crippen molar-refractivity contribution in [2.45, 2.75) is 13.2 Å². The number of furan rings is 1. The van der Waals surface area contributed by atoms with Gasteiger partial charge in [-0.05, 0) is 57.9 Å². The first-order valence-electron chi connectivity index (χ1n) is 9.23. The Balaban J connectivity index is 1.38. The van der Waals surface area contributed by atoms with Crippen LogP contribution >= 0.6 is 27.5 Å². The average molecular weight is 505 g/mol. The second-order valence-electron chi connectivity index (χ2n) is 6.59. The van der Waals surface area contributed by atoms with Crippen molar-refractivity contribution in [2.75, 3.05) is 5.32 Å². The molecule has 0 saturated heterocycles. The second kappa shape index (κ2) is 9.36. The highest BCUT2D eigenvalue weighted by Gasteiger charge is 2.16. The van der Waals surface area contributed by atoms with Crippen LogP contribution in [-0.2, 0) is 13.2 Å². The largest absolute Gasteiger partial charge is 0.484 e. The number of amides is 1. The van der Waals surface area contributed by atoms with Crippen LogP contribution in [0.5, 0.6) is 5.75 Å². The van der Waals surface area contributed by atoms with Crippen LogP contribution in [0, 0.1) is 5.82 Å². The molecule has 2 aromatic carbocycles. The third-order valence-corrected chi connectivity index (χ3v) is 5.19. The van der Waals surface area contributed by atoms with Gasteiger partial charge in [0.05, 0.1) is 16.0 Å². The molecular weight excluding hydrogens is 489 g/mol. The van der Waals surface area contributed by atoms with Gasteiger partial charge < -0.3 is 14.5 Å². The van der Waals surface area contributed by atoms with E-state index in [1.807, 2.05) is 12.1 Å². The summed E-state index contributed by atoms with van der Waals surface area (Å²) in [6.45, 7) is 0.562. The maximum Gasteiger partial charge on any atom is 0.292 e. The summed E-state index contributed by atoms with van der Waals surface area (Å²) in [4.78, 5) is 12.5. The Hall–Kier alpha value is -3.10. The van der Waals surface area contributed by atoms with Crippen LogP contribution in [-0.4, -0.2) is 15.7 Å². The molecule has 0 atom stereocenters. The molecule has 0 aliphatic carbocycles. The van der Waals surface area contributed by atoms with E-state index in [1.165, 1.54) is 12.1 Å². The summed E-state index contributed by atoms with van der Waals surface area (Å²) in [7, 11) is 0. The van der Waals surface area contributed by atoms with Crippen LogP contribution in [0.4, 0.5) is 10.2 Å². The number of ether oxygens (including phenoxy) is 1. The number of benzene rings is 2. The molecule has 0 radical (unpaired) electrons. The van der Waals surface area contributed by atoms with Crippen molar-refractivity contribution >= 4 is 39.3 Å². The third-order valence-electron chi connectivity index (χ3n) is 4.30. The SMILES string of the molecule is O=C(Nc1nn(Cc2ccc(F)cc2)cc1Br)c1ccc(COc2ccccc2Cl)o1. The number of para-hydroxylation sites is 1. The van der Waals surface area contributed by atoms with E-state index in [4.69, 9.17) is 20.8 Å². The summed E-state index contributed by atoms with van der Waals surface area (Å²) in [6, 6.07) is 16.5. The molecule has 4 aromatic rings. The molecule has 2 heterocycles. The van der Waals surface area contributed by atoms with Gasteiger partial charge in [-0.3, -0.25) is 9.48 Å². The number of carbonyl (C=O) groups is 1. The maximum absolute atomic E-state index is 13.1. The van der Waals surface area contributed by atoms with Gasteiger partial charge in [-0.15, -0.1) is 0 Å². The van der Waals surface area contributed by atoms with E-state index in [-0.39, 0.29) is 18.2 Å². The molecule has 4 rings (SSSR count). The molecule has 0 unspecified atom stereocenters. The van der Waals surface area contributed by atoms with Gasteiger partial charge in [-0.25, -0.2) is 4.39 Å². The summed E-state index contributed by atoms with van der Waals surface area (Å²) in [6.07, 6.45) is 1.73. The van der Waals surface area contributed by atoms with Gasteiger partial charge in [0, 0.05) is 6.20 Å². The van der Waals surface area contributed by atoms with E-state index in [2.05, 4.69) is 26.3 Å². The predicted octanol–water partition coefficient (Wildman–Crippen LogP) is 5.91. The van der Waals surface area contributed by atoms with Crippen molar-refractivity contribution in [2.24, 2.45) is 0 Å². The molecule has 1 amide bonds. The number of aromatic nitrogens is 2. The van der Waals surface area contributed by atoms with Gasteiger partial charge in [0.25, 0.3) is 5.91 Å². The molecule has 0 spiro atoms. The summed E-state index contributed by atoms with van der Waals surface area (Å²) >= 11 is 9.45. The van der Waals surface area contributed by atoms with Crippen LogP contribution < -0.4 is 10.1 Å². The fourth-order valence-electron chi connectivity index (χ4n) is 2.80. The minimum Gasteiger partial charge on any atom is -0.484 e. The van der Waals surface area contributed by atoms with Crippen molar-refractivity contribution < 1.29 is 18.3 Å². The average Bonchev–Trinajstić information content (AvgIpc) is 3.36. The van der Waals surface area contributed by atoms with Crippen LogP contribution in [0.1, 0.15) is 21.9 Å². The highest BCUT2D eigenvalue weighted by molar-refractivity contribution is 9.10. The number of carbonyl (C=O) groups excluding carboxylic acids is 1. The number of rotatable bonds is 7. The summed E-state index contributed by atoms with van der Waals surface area (Å²) in [5, 5.41) is 7.55. The number of halogens is 3. The van der Waals surface area contributed by atoms with Crippen LogP contribution in [0.15, 0.2) is 75.8 Å². The van der Waals surface area contributed by atoms with Gasteiger partial charge in [-0.1, -0.05) is 35.9 Å². The number of nitrogens with zero attached hydrogens (tertiary/aromatic N) is 2. The summed E-state index contributed by atoms with van der Waals surface area (Å²) < 4.78 is 26.5. The second-order valence-corrected chi connectivity index (χ2v) is 7.85. The van der Waals surface area contributed by atoms with Gasteiger partial charge in [0.2, 0.25) is 0 Å². The predicted molar refractivity (Wildman–Crippen MR) is 118 cm³/mol. The lowest BCUT2D eigenvalue weighted by Gasteiger charge is -2.05. The first-order valence-corrected chi connectivity index (χ1v) is 10.4. The zero-order valence-corrected chi connectivity index (χ0v) is 18.4. The van der Waals surface area contributed by atoms with Crippen LogP contribution in [0.25, 0.3) is 0 Å². The quantitative estimate of drug-likeness (QED) is 0.340. The Morgan fingerprint density at radius 3 is 2.71 bits per heavy atom. The van der Waals surface area contributed by atoms with E-state index in [1.54, 1.807) is 47.3 Å². The lowest BCUT2D eigenvalue weighted by molar-refractivity contribution is 0.0992. The molecule has 158 valence electrons. The van der Waals surface area contributed by atoms with E-state index in [9.17, 15) is 9.18 Å². The maximum atomic E-state index is 13.1. The molecule has 31 heavy (non-hydrogen) atoms. The molecule has 0 fully saturated rings. The van der Waals surface area contributed by atoms with Crippen LogP contribution in [0.2, 0.25) is 5.02 Å². The van der Waals surface area contributed by atoms with Crippen molar-refractivity contribution in [1.82, 2.24) is 9.78 Å². The fraction of sp³-hybridized carbons (Fsp3) is 0.0909. The van der Waals surface area contributed by atoms with E-state index < -0.39 is 5.91 Å². The molecule has 9 heteroatoms. The fourth-order valence-corrected chi connectivity index (χ4v) is 3.40. The van der Waals surface area contributed by atoms with Gasteiger partial charge in [0.1, 0.15) is 23.9 Å². The minimum absolute atomic E-state index is 0.123. The van der Waals surface area contributed by atoms with E-state index in [0.29, 0.717) is 33.4 Å². The monoisotopic (exact) mass is 503 g/mol. The van der Waals surface area contributed by atoms with Gasteiger partial charge in [0.15, 0.2) is 11.6 Å².